The van der Waals surface area contributed by atoms with Gasteiger partial charge < -0.3 is 63.8 Å². The van der Waals surface area contributed by atoms with Gasteiger partial charge in [0.15, 0.2) is 6.29 Å². The first-order chi connectivity index (χ1) is 19.0. The van der Waals surface area contributed by atoms with E-state index in [1.165, 1.54) is 44.4 Å². The lowest BCUT2D eigenvalue weighted by Gasteiger charge is -2.42. The van der Waals surface area contributed by atoms with E-state index in [-0.39, 0.29) is 33.4 Å². The van der Waals surface area contributed by atoms with Gasteiger partial charge in [0.2, 0.25) is 11.7 Å². The number of hydrogen-bond donors (Lipinski definition) is 7. The highest BCUT2D eigenvalue weighted by atomic mass is 16.7. The monoisotopic (exact) mass is 566 g/mol. The van der Waals surface area contributed by atoms with Gasteiger partial charge in [0, 0.05) is 12.1 Å². The molecule has 0 spiro atoms. The van der Waals surface area contributed by atoms with Crippen molar-refractivity contribution in [3.8, 4) is 17.2 Å². The molecule has 40 heavy (non-hydrogen) atoms. The highest BCUT2D eigenvalue weighted by molar-refractivity contribution is 5.94. The molecule has 3 heterocycles. The van der Waals surface area contributed by atoms with Crippen LogP contribution >= 0.6 is 0 Å². The van der Waals surface area contributed by atoms with Crippen LogP contribution in [0.2, 0.25) is 0 Å². The molecule has 218 valence electrons. The summed E-state index contributed by atoms with van der Waals surface area (Å²) in [7, 11) is 1.40. The summed E-state index contributed by atoms with van der Waals surface area (Å²) in [4.78, 5) is 13.1. The number of benzene rings is 2. The number of aliphatic hydroxyl groups excluding tert-OH is 6. The zero-order chi connectivity index (χ0) is 28.9. The van der Waals surface area contributed by atoms with E-state index in [1.807, 2.05) is 0 Å². The Hall–Kier alpha value is -3.05. The minimum Gasteiger partial charge on any atom is -0.507 e. The van der Waals surface area contributed by atoms with Crippen molar-refractivity contribution in [2.45, 2.75) is 68.3 Å². The van der Waals surface area contributed by atoms with Gasteiger partial charge in [-0.15, -0.1) is 0 Å². The molecule has 0 unspecified atom stereocenters. The highest BCUT2D eigenvalue weighted by Gasteiger charge is 2.47. The minimum absolute atomic E-state index is 0.0384. The van der Waals surface area contributed by atoms with Gasteiger partial charge in [-0.05, 0) is 25.1 Å². The molecule has 2 aliphatic rings. The Bertz CT molecular complexity index is 1420. The van der Waals surface area contributed by atoms with E-state index >= 15 is 0 Å². The Labute approximate surface area is 226 Å². The summed E-state index contributed by atoms with van der Waals surface area (Å²) in [6.07, 6.45) is -14.6. The van der Waals surface area contributed by atoms with Crippen LogP contribution in [0, 0.1) is 0 Å². The predicted octanol–water partition coefficient (Wildman–Crippen LogP) is -1.31. The van der Waals surface area contributed by atoms with Crippen LogP contribution in [0.1, 0.15) is 6.92 Å². The lowest BCUT2D eigenvalue weighted by molar-refractivity contribution is -0.318. The Morgan fingerprint density at radius 1 is 0.800 bits per heavy atom. The molecule has 7 N–H and O–H groups in total. The fourth-order valence-corrected chi connectivity index (χ4v) is 4.73. The highest BCUT2D eigenvalue weighted by Crippen LogP contribution is 2.32. The van der Waals surface area contributed by atoms with Crippen molar-refractivity contribution in [1.29, 1.82) is 0 Å². The Morgan fingerprint density at radius 2 is 1.50 bits per heavy atom. The molecular formula is C26H30O14. The van der Waals surface area contributed by atoms with E-state index in [0.29, 0.717) is 5.75 Å². The van der Waals surface area contributed by atoms with Crippen molar-refractivity contribution < 1.29 is 63.8 Å². The normalized spacial score (nSPS) is 34.7. The van der Waals surface area contributed by atoms with Gasteiger partial charge in [-0.2, -0.15) is 0 Å². The summed E-state index contributed by atoms with van der Waals surface area (Å²) >= 11 is 0. The molecule has 0 radical (unpaired) electrons. The van der Waals surface area contributed by atoms with Gasteiger partial charge in [-0.25, -0.2) is 0 Å². The van der Waals surface area contributed by atoms with Crippen molar-refractivity contribution in [3.63, 3.8) is 0 Å². The molecule has 5 rings (SSSR count). The van der Waals surface area contributed by atoms with Crippen molar-refractivity contribution in [3.05, 3.63) is 40.6 Å². The maximum absolute atomic E-state index is 13.1. The molecule has 2 saturated heterocycles. The third kappa shape index (κ3) is 5.09. The Kier molecular flexibility index (Phi) is 7.89. The van der Waals surface area contributed by atoms with E-state index in [9.17, 15) is 40.5 Å². The van der Waals surface area contributed by atoms with Gasteiger partial charge in [-0.3, -0.25) is 4.79 Å². The smallest absolute Gasteiger partial charge is 0.229 e. The first kappa shape index (κ1) is 28.5. The fourth-order valence-electron chi connectivity index (χ4n) is 4.73. The van der Waals surface area contributed by atoms with Crippen LogP contribution in [0.15, 0.2) is 39.5 Å². The number of methoxy groups -OCH3 is 1. The number of fused-ring (bicyclic) bond motifs is 2. The summed E-state index contributed by atoms with van der Waals surface area (Å²) in [5.41, 5.74) is -0.268. The maximum Gasteiger partial charge on any atom is 0.229 e. The molecule has 3 aromatic rings. The molecule has 2 aliphatic heterocycles. The molecule has 2 aromatic carbocycles. The molecule has 14 nitrogen and oxygen atoms in total. The molecule has 0 aliphatic carbocycles. The van der Waals surface area contributed by atoms with Crippen LogP contribution in [0.4, 0.5) is 0 Å². The van der Waals surface area contributed by atoms with E-state index in [0.717, 1.165) is 0 Å². The van der Waals surface area contributed by atoms with Crippen LogP contribution < -0.4 is 14.9 Å². The SMILES string of the molecule is COc1cc(O)c2c(=O)c3cc(O[C@@H]4O[C@H](CO[C@H]5O[C@@H](C)[C@H](O)[C@@H](O)[C@H]5O)[C@@H](O)[C@H](O)[C@H]4O)ccc3oc2c1. The molecule has 0 bridgehead atoms. The van der Waals surface area contributed by atoms with Crippen molar-refractivity contribution in [2.75, 3.05) is 13.7 Å². The molecule has 2 fully saturated rings. The van der Waals surface area contributed by atoms with Crippen LogP contribution in [-0.2, 0) is 14.2 Å². The maximum atomic E-state index is 13.1. The topological polar surface area (TPSA) is 218 Å². The van der Waals surface area contributed by atoms with Crippen LogP contribution in [-0.4, -0.2) is 111 Å². The van der Waals surface area contributed by atoms with Gasteiger partial charge in [-0.1, -0.05) is 0 Å². The van der Waals surface area contributed by atoms with Crippen LogP contribution in [0.5, 0.6) is 17.2 Å². The number of phenols is 1. The second-order valence-corrected chi connectivity index (χ2v) is 9.76. The summed E-state index contributed by atoms with van der Waals surface area (Å²) in [6.45, 7) is 1.01. The number of ether oxygens (including phenoxy) is 5. The van der Waals surface area contributed by atoms with Crippen molar-refractivity contribution in [2.24, 2.45) is 0 Å². The van der Waals surface area contributed by atoms with E-state index < -0.39 is 73.4 Å². The van der Waals surface area contributed by atoms with Gasteiger partial charge >= 0.3 is 0 Å². The Balaban J connectivity index is 1.35. The average molecular weight is 567 g/mol. The van der Waals surface area contributed by atoms with Crippen molar-refractivity contribution in [1.82, 2.24) is 0 Å². The molecule has 0 saturated carbocycles. The number of hydrogen-bond acceptors (Lipinski definition) is 14. The minimum atomic E-state index is -1.72. The largest absolute Gasteiger partial charge is 0.507 e. The fraction of sp³-hybridized carbons (Fsp3) is 0.500. The number of aliphatic hydroxyl groups is 6. The van der Waals surface area contributed by atoms with E-state index in [1.54, 1.807) is 0 Å². The number of rotatable bonds is 6. The second kappa shape index (κ2) is 11.1. The average Bonchev–Trinajstić information content (AvgIpc) is 2.94. The first-order valence-electron chi connectivity index (χ1n) is 12.4. The van der Waals surface area contributed by atoms with Crippen LogP contribution in [0.25, 0.3) is 21.9 Å². The molecular weight excluding hydrogens is 536 g/mol. The number of aromatic hydroxyl groups is 1. The first-order valence-corrected chi connectivity index (χ1v) is 12.4. The predicted molar refractivity (Wildman–Crippen MR) is 134 cm³/mol. The third-order valence-electron chi connectivity index (χ3n) is 7.09. The zero-order valence-electron chi connectivity index (χ0n) is 21.4. The van der Waals surface area contributed by atoms with Gasteiger partial charge in [0.25, 0.3) is 0 Å². The summed E-state index contributed by atoms with van der Waals surface area (Å²) in [6, 6.07) is 6.90. The molecule has 14 heteroatoms. The summed E-state index contributed by atoms with van der Waals surface area (Å²) < 4.78 is 33.0. The third-order valence-corrected chi connectivity index (χ3v) is 7.09. The lowest BCUT2D eigenvalue weighted by atomic mass is 9.98. The van der Waals surface area contributed by atoms with Crippen molar-refractivity contribution >= 4 is 21.9 Å². The molecule has 1 aromatic heterocycles. The van der Waals surface area contributed by atoms with E-state index in [4.69, 9.17) is 28.1 Å². The summed E-state index contributed by atoms with van der Waals surface area (Å²) in [5, 5.41) is 71.6. The van der Waals surface area contributed by atoms with Gasteiger partial charge in [0.1, 0.15) is 76.5 Å². The Morgan fingerprint density at radius 3 is 2.23 bits per heavy atom. The molecule has 10 atom stereocenters. The van der Waals surface area contributed by atoms with E-state index in [2.05, 4.69) is 0 Å². The lowest BCUT2D eigenvalue weighted by Crippen LogP contribution is -2.61. The van der Waals surface area contributed by atoms with Gasteiger partial charge in [0.05, 0.1) is 25.2 Å². The van der Waals surface area contributed by atoms with Crippen LogP contribution in [0.3, 0.4) is 0 Å². The standard InChI is InChI=1S/C26H30O14/c1-9-18(28)21(31)23(33)25(37-9)36-8-16-20(30)22(32)24(34)26(40-16)38-10-3-4-14-12(5-10)19(29)17-13(27)6-11(35-2)7-15(17)39-14/h3-7,9,16,18,20-28,30-34H,8H2,1-2H3/t9-,16+,18-,20+,21+,22-,23+,24+,25-,26+/m0/s1. The molecule has 0 amide bonds. The summed E-state index contributed by atoms with van der Waals surface area (Å²) in [5.74, 6) is -0.00904. The zero-order valence-corrected chi connectivity index (χ0v) is 21.4. The number of phenolic OH excluding ortho intramolecular Hbond substituents is 1. The quantitative estimate of drug-likeness (QED) is 0.172. The second-order valence-electron chi connectivity index (χ2n) is 9.76.